The highest BCUT2D eigenvalue weighted by atomic mass is 32.1. The number of aryl methyl sites for hydroxylation is 1. The molecule has 0 fully saturated rings. The quantitative estimate of drug-likeness (QED) is 0.236. The van der Waals surface area contributed by atoms with Crippen molar-refractivity contribution in [1.29, 1.82) is 0 Å². The number of hydrogen-bond donors (Lipinski definition) is 1. The number of nitrogens with one attached hydrogen (secondary N) is 1. The van der Waals surface area contributed by atoms with E-state index >= 15 is 0 Å². The maximum atomic E-state index is 14.2. The van der Waals surface area contributed by atoms with Gasteiger partial charge in [-0.1, -0.05) is 29.8 Å². The van der Waals surface area contributed by atoms with Crippen LogP contribution in [0.5, 0.6) is 0 Å². The van der Waals surface area contributed by atoms with Gasteiger partial charge in [0.1, 0.15) is 10.6 Å². The summed E-state index contributed by atoms with van der Waals surface area (Å²) in [5, 5.41) is 0.919. The fraction of sp³-hybridized carbons (Fsp3) is 0.429. The zero-order chi connectivity index (χ0) is 30.4. The smallest absolute Gasteiger partial charge is 0.460 e. The van der Waals surface area contributed by atoms with Crippen molar-refractivity contribution >= 4 is 28.2 Å². The molecule has 0 aliphatic heterocycles. The van der Waals surface area contributed by atoms with Crippen LogP contribution in [0.2, 0.25) is 0 Å². The maximum absolute atomic E-state index is 14.2. The Bertz CT molecular complexity index is 1220. The molecule has 1 aromatic heterocycles. The van der Waals surface area contributed by atoms with Crippen LogP contribution in [-0.2, 0) is 9.53 Å². The average molecular weight is 607 g/mol. The Hall–Kier alpha value is -3.05. The summed E-state index contributed by atoms with van der Waals surface area (Å²) in [7, 11) is 0. The molecule has 1 N–H and O–H groups in total. The number of ether oxygens (including phenoxy) is 1. The van der Waals surface area contributed by atoms with E-state index in [1.54, 1.807) is 6.92 Å². The Morgan fingerprint density at radius 1 is 0.795 bits per heavy atom. The van der Waals surface area contributed by atoms with E-state index in [1.165, 1.54) is 31.2 Å². The lowest BCUT2D eigenvalue weighted by Gasteiger charge is -2.39. The molecule has 0 bridgehead atoms. The standard InChI is InChI=1S/C21H14F13NO3S/c1-3-38-14(36)12-11(10-6-4-9(2)5-7-10)8-39-13(12)35-15(37)16(22,23)17(24,25)18(26,27)19(28,29)20(30,31)21(32,33)34/h4-8H,3H2,1-2H3,(H,35,37). The predicted octanol–water partition coefficient (Wildman–Crippen LogP) is 7.58. The van der Waals surface area contributed by atoms with Gasteiger partial charge in [-0.3, -0.25) is 4.79 Å². The summed E-state index contributed by atoms with van der Waals surface area (Å²) in [6, 6.07) is 5.79. The van der Waals surface area contributed by atoms with Crippen LogP contribution in [0.25, 0.3) is 11.1 Å². The second-order valence-electron chi connectivity index (χ2n) is 7.76. The van der Waals surface area contributed by atoms with E-state index in [-0.39, 0.29) is 29.1 Å². The number of thiophene rings is 1. The number of carbonyl (C=O) groups is 2. The van der Waals surface area contributed by atoms with E-state index in [0.717, 1.165) is 10.7 Å². The van der Waals surface area contributed by atoms with Crippen molar-refractivity contribution in [3.05, 3.63) is 40.8 Å². The van der Waals surface area contributed by atoms with Gasteiger partial charge in [-0.15, -0.1) is 11.3 Å². The number of amides is 1. The molecule has 0 atom stereocenters. The first-order chi connectivity index (χ1) is 17.5. The van der Waals surface area contributed by atoms with Crippen molar-refractivity contribution in [2.24, 2.45) is 0 Å². The highest BCUT2D eigenvalue weighted by Gasteiger charge is 2.91. The molecule has 0 unspecified atom stereocenters. The van der Waals surface area contributed by atoms with Gasteiger partial charge in [-0.25, -0.2) is 4.79 Å². The summed E-state index contributed by atoms with van der Waals surface area (Å²) in [5.74, 6) is -43.9. The van der Waals surface area contributed by atoms with Crippen LogP contribution in [0, 0.1) is 6.92 Å². The Kier molecular flexibility index (Phi) is 8.38. The lowest BCUT2D eigenvalue weighted by atomic mass is 9.93. The lowest BCUT2D eigenvalue weighted by Crippen LogP contribution is -2.71. The van der Waals surface area contributed by atoms with Crippen LogP contribution in [0.1, 0.15) is 22.8 Å². The molecule has 18 heteroatoms. The lowest BCUT2D eigenvalue weighted by molar-refractivity contribution is -0.435. The molecule has 0 aliphatic rings. The van der Waals surface area contributed by atoms with Crippen LogP contribution in [0.15, 0.2) is 29.6 Å². The first kappa shape index (κ1) is 32.2. The molecule has 1 aromatic carbocycles. The summed E-state index contributed by atoms with van der Waals surface area (Å²) in [5.41, 5.74) is -0.0293. The van der Waals surface area contributed by atoms with Crippen molar-refractivity contribution < 1.29 is 71.4 Å². The second kappa shape index (κ2) is 10.2. The van der Waals surface area contributed by atoms with Crippen molar-refractivity contribution in [2.75, 3.05) is 11.9 Å². The first-order valence-corrected chi connectivity index (χ1v) is 11.0. The number of alkyl halides is 13. The van der Waals surface area contributed by atoms with Gasteiger partial charge >= 0.3 is 47.7 Å². The van der Waals surface area contributed by atoms with Crippen LogP contribution in [-0.4, -0.2) is 54.3 Å². The zero-order valence-electron chi connectivity index (χ0n) is 19.1. The van der Waals surface area contributed by atoms with Gasteiger partial charge in [-0.2, -0.15) is 57.1 Å². The molecule has 0 aliphatic carbocycles. The topological polar surface area (TPSA) is 55.4 Å². The van der Waals surface area contributed by atoms with E-state index < -0.39 is 58.2 Å². The molecule has 218 valence electrons. The fourth-order valence-electron chi connectivity index (χ4n) is 2.90. The molecule has 0 radical (unpaired) electrons. The number of esters is 1. The normalized spacial score (nSPS) is 13.8. The minimum atomic E-state index is -8.15. The van der Waals surface area contributed by atoms with E-state index in [9.17, 15) is 66.7 Å². The van der Waals surface area contributed by atoms with Crippen molar-refractivity contribution in [3.63, 3.8) is 0 Å². The van der Waals surface area contributed by atoms with Gasteiger partial charge in [0.15, 0.2) is 0 Å². The molecule has 0 saturated carbocycles. The number of carbonyl (C=O) groups excluding carboxylic acids is 2. The molecule has 39 heavy (non-hydrogen) atoms. The summed E-state index contributed by atoms with van der Waals surface area (Å²) in [6.07, 6.45) is -7.58. The molecular weight excluding hydrogens is 593 g/mol. The molecule has 1 amide bonds. The minimum absolute atomic E-state index is 0.148. The SMILES string of the molecule is CCOC(=O)c1c(-c2ccc(C)cc2)csc1NC(=O)C(F)(F)C(F)(F)C(F)(F)C(F)(F)C(F)(F)C(F)(F)F. The minimum Gasteiger partial charge on any atom is -0.462 e. The fourth-order valence-corrected chi connectivity index (χ4v) is 3.85. The van der Waals surface area contributed by atoms with Crippen molar-refractivity contribution in [1.82, 2.24) is 0 Å². The molecule has 4 nitrogen and oxygen atoms in total. The number of halogens is 13. The van der Waals surface area contributed by atoms with E-state index in [0.29, 0.717) is 5.56 Å². The third-order valence-corrected chi connectivity index (χ3v) is 5.97. The average Bonchev–Trinajstić information content (AvgIpc) is 3.21. The Labute approximate surface area is 213 Å². The Morgan fingerprint density at radius 2 is 1.28 bits per heavy atom. The number of benzene rings is 1. The third kappa shape index (κ3) is 5.14. The summed E-state index contributed by atoms with van der Waals surface area (Å²) < 4.78 is 178. The predicted molar refractivity (Wildman–Crippen MR) is 110 cm³/mol. The molecular formula is C21H14F13NO3S. The molecule has 0 saturated heterocycles. The van der Waals surface area contributed by atoms with Crippen molar-refractivity contribution in [2.45, 2.75) is 49.6 Å². The number of hydrogen-bond acceptors (Lipinski definition) is 4. The van der Waals surface area contributed by atoms with Gasteiger partial charge in [0.25, 0.3) is 0 Å². The zero-order valence-corrected chi connectivity index (χ0v) is 20.0. The first-order valence-electron chi connectivity index (χ1n) is 10.1. The van der Waals surface area contributed by atoms with E-state index in [4.69, 9.17) is 0 Å². The van der Waals surface area contributed by atoms with Crippen LogP contribution in [0.4, 0.5) is 62.1 Å². The monoisotopic (exact) mass is 607 g/mol. The van der Waals surface area contributed by atoms with Crippen LogP contribution < -0.4 is 5.32 Å². The summed E-state index contributed by atoms with van der Waals surface area (Å²) >= 11 is 0.190. The second-order valence-corrected chi connectivity index (χ2v) is 8.64. The van der Waals surface area contributed by atoms with E-state index in [2.05, 4.69) is 4.74 Å². The van der Waals surface area contributed by atoms with Crippen LogP contribution in [0.3, 0.4) is 0 Å². The molecule has 1 heterocycles. The van der Waals surface area contributed by atoms with Gasteiger partial charge in [0, 0.05) is 10.9 Å². The van der Waals surface area contributed by atoms with Crippen molar-refractivity contribution in [3.8, 4) is 11.1 Å². The molecule has 0 spiro atoms. The highest BCUT2D eigenvalue weighted by Crippen LogP contribution is 2.60. The summed E-state index contributed by atoms with van der Waals surface area (Å²) in [4.78, 5) is 24.3. The van der Waals surface area contributed by atoms with Gasteiger partial charge in [-0.05, 0) is 19.4 Å². The highest BCUT2D eigenvalue weighted by molar-refractivity contribution is 7.15. The molecule has 2 rings (SSSR count). The van der Waals surface area contributed by atoms with Gasteiger partial charge in [0.2, 0.25) is 0 Å². The van der Waals surface area contributed by atoms with Gasteiger partial charge < -0.3 is 10.1 Å². The van der Waals surface area contributed by atoms with Gasteiger partial charge in [0.05, 0.1) is 6.61 Å². The Morgan fingerprint density at radius 3 is 1.74 bits per heavy atom. The van der Waals surface area contributed by atoms with E-state index in [1.807, 2.05) is 0 Å². The van der Waals surface area contributed by atoms with Crippen LogP contribution >= 0.6 is 11.3 Å². The Balaban J connectivity index is 2.56. The molecule has 2 aromatic rings. The maximum Gasteiger partial charge on any atom is 0.460 e. The third-order valence-electron chi connectivity index (χ3n) is 5.08. The number of rotatable bonds is 9. The number of anilines is 1. The largest absolute Gasteiger partial charge is 0.462 e. The summed E-state index contributed by atoms with van der Waals surface area (Å²) in [6.45, 7) is 2.58.